The first-order valence-corrected chi connectivity index (χ1v) is 11.3. The summed E-state index contributed by atoms with van der Waals surface area (Å²) in [4.78, 5) is 14.5. The fourth-order valence-corrected chi connectivity index (χ4v) is 5.10. The molecule has 1 aliphatic rings. The normalized spacial score (nSPS) is 14.1. The number of sulfone groups is 1. The van der Waals surface area contributed by atoms with Gasteiger partial charge in [-0.15, -0.1) is 0 Å². The van der Waals surface area contributed by atoms with Crippen molar-refractivity contribution in [1.29, 1.82) is 0 Å². The molecule has 1 amide bonds. The highest BCUT2D eigenvalue weighted by molar-refractivity contribution is 9.10. The SMILES string of the molecule is CN(C)Cc1cc(NC(=O)COc2cccc(Br)c2)ccc1S(=O)(=O)C1CC1. The van der Waals surface area contributed by atoms with Crippen molar-refractivity contribution in [3.63, 3.8) is 0 Å². The van der Waals surface area contributed by atoms with Crippen molar-refractivity contribution in [2.24, 2.45) is 0 Å². The maximum absolute atomic E-state index is 12.7. The van der Waals surface area contributed by atoms with Crippen LogP contribution in [0, 0.1) is 0 Å². The van der Waals surface area contributed by atoms with Crippen LogP contribution < -0.4 is 10.1 Å². The van der Waals surface area contributed by atoms with Gasteiger partial charge in [-0.1, -0.05) is 22.0 Å². The summed E-state index contributed by atoms with van der Waals surface area (Å²) in [7, 11) is 0.453. The van der Waals surface area contributed by atoms with Gasteiger partial charge >= 0.3 is 0 Å². The molecule has 0 saturated heterocycles. The van der Waals surface area contributed by atoms with E-state index in [1.54, 1.807) is 30.3 Å². The van der Waals surface area contributed by atoms with E-state index in [-0.39, 0.29) is 17.8 Å². The molecule has 28 heavy (non-hydrogen) atoms. The summed E-state index contributed by atoms with van der Waals surface area (Å²) in [5, 5.41) is 2.50. The first-order chi connectivity index (χ1) is 13.3. The highest BCUT2D eigenvalue weighted by Crippen LogP contribution is 2.36. The van der Waals surface area contributed by atoms with E-state index in [0.717, 1.165) is 17.3 Å². The molecule has 8 heteroatoms. The molecule has 6 nitrogen and oxygen atoms in total. The van der Waals surface area contributed by atoms with E-state index in [4.69, 9.17) is 4.74 Å². The maximum atomic E-state index is 12.7. The van der Waals surface area contributed by atoms with Crippen LogP contribution in [-0.2, 0) is 21.2 Å². The smallest absolute Gasteiger partial charge is 0.262 e. The molecule has 0 unspecified atom stereocenters. The summed E-state index contributed by atoms with van der Waals surface area (Å²) in [6, 6.07) is 12.2. The van der Waals surface area contributed by atoms with Crippen LogP contribution in [0.4, 0.5) is 5.69 Å². The molecular weight excluding hydrogens is 444 g/mol. The fourth-order valence-electron chi connectivity index (χ4n) is 2.86. The Kier molecular flexibility index (Phi) is 6.42. The zero-order valence-corrected chi connectivity index (χ0v) is 18.2. The van der Waals surface area contributed by atoms with E-state index in [9.17, 15) is 13.2 Å². The molecule has 0 radical (unpaired) electrons. The van der Waals surface area contributed by atoms with Gasteiger partial charge in [0.1, 0.15) is 5.75 Å². The minimum absolute atomic E-state index is 0.137. The lowest BCUT2D eigenvalue weighted by atomic mass is 10.2. The van der Waals surface area contributed by atoms with Gasteiger partial charge in [-0.25, -0.2) is 8.42 Å². The summed E-state index contributed by atoms with van der Waals surface area (Å²) in [5.41, 5.74) is 1.23. The van der Waals surface area contributed by atoms with Gasteiger partial charge < -0.3 is 15.0 Å². The van der Waals surface area contributed by atoms with E-state index < -0.39 is 9.84 Å². The molecule has 0 bridgehead atoms. The molecule has 0 spiro atoms. The number of anilines is 1. The van der Waals surface area contributed by atoms with Gasteiger partial charge in [0.25, 0.3) is 5.91 Å². The number of nitrogens with zero attached hydrogens (tertiary/aromatic N) is 1. The summed E-state index contributed by atoms with van der Waals surface area (Å²) in [6.07, 6.45) is 1.43. The predicted molar refractivity (Wildman–Crippen MR) is 112 cm³/mol. The van der Waals surface area contributed by atoms with Crippen LogP contribution in [0.1, 0.15) is 18.4 Å². The lowest BCUT2D eigenvalue weighted by molar-refractivity contribution is -0.118. The van der Waals surface area contributed by atoms with Crippen LogP contribution >= 0.6 is 15.9 Å². The van der Waals surface area contributed by atoms with Crippen molar-refractivity contribution < 1.29 is 17.9 Å². The molecule has 1 fully saturated rings. The van der Waals surface area contributed by atoms with Gasteiger partial charge in [0.05, 0.1) is 10.1 Å². The molecule has 1 N–H and O–H groups in total. The second-order valence-corrected chi connectivity index (χ2v) is 10.2. The van der Waals surface area contributed by atoms with E-state index in [1.807, 2.05) is 31.1 Å². The van der Waals surface area contributed by atoms with Crippen molar-refractivity contribution in [3.05, 3.63) is 52.5 Å². The Labute approximate surface area is 173 Å². The van der Waals surface area contributed by atoms with Crippen LogP contribution in [0.5, 0.6) is 5.75 Å². The van der Waals surface area contributed by atoms with Crippen molar-refractivity contribution in [1.82, 2.24) is 4.90 Å². The van der Waals surface area contributed by atoms with Gasteiger partial charge in [-0.3, -0.25) is 4.79 Å². The number of halogens is 1. The minimum Gasteiger partial charge on any atom is -0.484 e. The molecule has 150 valence electrons. The molecule has 1 saturated carbocycles. The average molecular weight is 467 g/mol. The monoisotopic (exact) mass is 466 g/mol. The van der Waals surface area contributed by atoms with E-state index in [1.165, 1.54) is 0 Å². The molecule has 2 aromatic carbocycles. The summed E-state index contributed by atoms with van der Waals surface area (Å²) in [5.74, 6) is 0.275. The zero-order valence-electron chi connectivity index (χ0n) is 15.8. The zero-order chi connectivity index (χ0) is 20.3. The number of amides is 1. The molecule has 1 aliphatic carbocycles. The van der Waals surface area contributed by atoms with Crippen LogP contribution in [0.25, 0.3) is 0 Å². The standard InChI is InChI=1S/C20H23BrN2O4S/c1-23(2)12-14-10-16(6-9-19(14)28(25,26)18-7-8-18)22-20(24)13-27-17-5-3-4-15(21)11-17/h3-6,9-11,18H,7-8,12-13H2,1-2H3,(H,22,24). The van der Waals surface area contributed by atoms with Crippen LogP contribution in [-0.4, -0.2) is 45.2 Å². The Morgan fingerprint density at radius 3 is 2.61 bits per heavy atom. The largest absolute Gasteiger partial charge is 0.484 e. The van der Waals surface area contributed by atoms with Crippen molar-refractivity contribution in [2.75, 3.05) is 26.0 Å². The number of benzene rings is 2. The second-order valence-electron chi connectivity index (χ2n) is 7.10. The average Bonchev–Trinajstić information content (AvgIpc) is 3.45. The Hall–Kier alpha value is -1.90. The van der Waals surface area contributed by atoms with Crippen LogP contribution in [0.2, 0.25) is 0 Å². The van der Waals surface area contributed by atoms with Gasteiger partial charge in [-0.2, -0.15) is 0 Å². The summed E-state index contributed by atoms with van der Waals surface area (Å²) < 4.78 is 31.7. The fraction of sp³-hybridized carbons (Fsp3) is 0.350. The topological polar surface area (TPSA) is 75.7 Å². The van der Waals surface area contributed by atoms with E-state index in [0.29, 0.717) is 28.4 Å². The number of hydrogen-bond acceptors (Lipinski definition) is 5. The highest BCUT2D eigenvalue weighted by Gasteiger charge is 2.38. The van der Waals surface area contributed by atoms with E-state index in [2.05, 4.69) is 21.2 Å². The highest BCUT2D eigenvalue weighted by atomic mass is 79.9. The lowest BCUT2D eigenvalue weighted by Crippen LogP contribution is -2.21. The Morgan fingerprint density at radius 1 is 1.21 bits per heavy atom. The minimum atomic E-state index is -3.31. The van der Waals surface area contributed by atoms with Crippen molar-refractivity contribution in [2.45, 2.75) is 29.5 Å². The molecule has 3 rings (SSSR count). The number of ether oxygens (including phenoxy) is 1. The van der Waals surface area contributed by atoms with Gasteiger partial charge in [0.15, 0.2) is 16.4 Å². The van der Waals surface area contributed by atoms with Gasteiger partial charge in [0.2, 0.25) is 0 Å². The first-order valence-electron chi connectivity index (χ1n) is 8.95. The van der Waals surface area contributed by atoms with Crippen molar-refractivity contribution >= 4 is 37.4 Å². The number of carbonyl (C=O) groups is 1. The van der Waals surface area contributed by atoms with E-state index >= 15 is 0 Å². The number of hydrogen-bond donors (Lipinski definition) is 1. The molecule has 0 atom stereocenters. The summed E-state index contributed by atoms with van der Waals surface area (Å²) >= 11 is 3.35. The van der Waals surface area contributed by atoms with Crippen LogP contribution in [0.15, 0.2) is 51.8 Å². The summed E-state index contributed by atoms with van der Waals surface area (Å²) in [6.45, 7) is 0.334. The van der Waals surface area contributed by atoms with Gasteiger partial charge in [-0.05, 0) is 68.9 Å². The third-order valence-corrected chi connectivity index (χ3v) is 7.12. The predicted octanol–water partition coefficient (Wildman–Crippen LogP) is 3.46. The molecule has 0 heterocycles. The molecule has 0 aliphatic heterocycles. The molecular formula is C20H23BrN2O4S. The number of carbonyl (C=O) groups excluding carboxylic acids is 1. The van der Waals surface area contributed by atoms with Gasteiger partial charge in [0, 0.05) is 16.7 Å². The molecule has 0 aromatic heterocycles. The second kappa shape index (κ2) is 8.63. The third-order valence-electron chi connectivity index (χ3n) is 4.27. The number of rotatable bonds is 8. The Bertz CT molecular complexity index is 972. The maximum Gasteiger partial charge on any atom is 0.262 e. The number of nitrogens with one attached hydrogen (secondary N) is 1. The Balaban J connectivity index is 1.72. The third kappa shape index (κ3) is 5.33. The quantitative estimate of drug-likeness (QED) is 0.644. The first kappa shape index (κ1) is 20.8. The lowest BCUT2D eigenvalue weighted by Gasteiger charge is -2.16. The van der Waals surface area contributed by atoms with Crippen LogP contribution in [0.3, 0.4) is 0 Å². The van der Waals surface area contributed by atoms with Crippen molar-refractivity contribution in [3.8, 4) is 5.75 Å². The molecule has 2 aromatic rings. The Morgan fingerprint density at radius 2 is 1.96 bits per heavy atom.